The van der Waals surface area contributed by atoms with E-state index in [0.29, 0.717) is 6.42 Å². The van der Waals surface area contributed by atoms with Crippen LogP contribution in [0.4, 0.5) is 5.69 Å². The number of hydrogen-bond donors (Lipinski definition) is 5. The number of anilines is 1. The summed E-state index contributed by atoms with van der Waals surface area (Å²) in [6.07, 6.45) is 7.11. The molecule has 0 saturated heterocycles. The van der Waals surface area contributed by atoms with E-state index >= 15 is 0 Å². The molecule has 0 spiro atoms. The Balaban J connectivity index is 1.31. The number of fused-ring (bicyclic) bond motifs is 2. The number of aliphatic imine (C=N–C) groups is 1. The normalized spacial score (nSPS) is 18.2. The van der Waals surface area contributed by atoms with E-state index in [9.17, 15) is 0 Å². The molecule has 31 heavy (non-hydrogen) atoms. The molecular formula is C24H26N6O. The van der Waals surface area contributed by atoms with Crippen LogP contribution in [-0.2, 0) is 6.42 Å². The summed E-state index contributed by atoms with van der Waals surface area (Å²) in [7, 11) is 1.68. The number of nitrogens with one attached hydrogen (secondary N) is 4. The predicted octanol–water partition coefficient (Wildman–Crippen LogP) is 4.14. The molecule has 1 aliphatic heterocycles. The average molecular weight is 415 g/mol. The van der Waals surface area contributed by atoms with Gasteiger partial charge in [-0.15, -0.1) is 0 Å². The molecule has 1 atom stereocenters. The number of methoxy groups -OCH3 is 1. The van der Waals surface area contributed by atoms with Gasteiger partial charge in [-0.3, -0.25) is 10.7 Å². The fourth-order valence-electron chi connectivity index (χ4n) is 4.12. The van der Waals surface area contributed by atoms with Gasteiger partial charge in [-0.1, -0.05) is 6.07 Å². The first-order chi connectivity index (χ1) is 15.0. The van der Waals surface area contributed by atoms with Crippen LogP contribution in [0.2, 0.25) is 0 Å². The monoisotopic (exact) mass is 414 g/mol. The van der Waals surface area contributed by atoms with Crippen molar-refractivity contribution in [2.45, 2.75) is 25.6 Å². The molecule has 5 rings (SSSR count). The van der Waals surface area contributed by atoms with Gasteiger partial charge in [-0.25, -0.2) is 0 Å². The Morgan fingerprint density at radius 3 is 2.90 bits per heavy atom. The Bertz CT molecular complexity index is 1310. The summed E-state index contributed by atoms with van der Waals surface area (Å²) in [5.41, 5.74) is 12.1. The van der Waals surface area contributed by atoms with Crippen molar-refractivity contribution in [1.82, 2.24) is 15.3 Å². The number of aryl methyl sites for hydroxylation is 2. The Hall–Kier alpha value is -3.71. The quantitative estimate of drug-likeness (QED) is 0.327. The standard InChI is InChI=1S/C24H26N6O/c1-15-12-19-21(28-15)4-3-5-22(19)29-23-9-11-27-24(25,30-23)10-8-16-14-26-20-7-6-17(31-2)13-18(16)20/h3-7,9,11-14,26,28-30H,8,10,25H2,1-2H3. The van der Waals surface area contributed by atoms with E-state index in [1.54, 1.807) is 13.3 Å². The number of nitrogens with zero attached hydrogens (tertiary/aromatic N) is 1. The molecule has 0 radical (unpaired) electrons. The molecule has 0 saturated carbocycles. The highest BCUT2D eigenvalue weighted by molar-refractivity contribution is 5.93. The number of hydrogen-bond acceptors (Lipinski definition) is 5. The van der Waals surface area contributed by atoms with Crippen molar-refractivity contribution in [3.8, 4) is 5.75 Å². The van der Waals surface area contributed by atoms with Crippen LogP contribution in [0, 0.1) is 6.92 Å². The smallest absolute Gasteiger partial charge is 0.183 e. The summed E-state index contributed by atoms with van der Waals surface area (Å²) < 4.78 is 5.37. The topological polar surface area (TPSA) is 103 Å². The molecule has 0 amide bonds. The summed E-state index contributed by atoms with van der Waals surface area (Å²) in [4.78, 5) is 11.2. The molecule has 1 aliphatic rings. The second-order valence-electron chi connectivity index (χ2n) is 7.98. The third-order valence-corrected chi connectivity index (χ3v) is 5.72. The first kappa shape index (κ1) is 19.3. The van der Waals surface area contributed by atoms with Crippen molar-refractivity contribution in [2.24, 2.45) is 10.7 Å². The highest BCUT2D eigenvalue weighted by atomic mass is 16.5. The summed E-state index contributed by atoms with van der Waals surface area (Å²) in [6.45, 7) is 2.06. The Labute approximate surface area is 180 Å². The lowest BCUT2D eigenvalue weighted by Gasteiger charge is -2.31. The summed E-state index contributed by atoms with van der Waals surface area (Å²) in [5, 5.41) is 9.12. The molecule has 7 nitrogen and oxygen atoms in total. The zero-order chi connectivity index (χ0) is 21.4. The second kappa shape index (κ2) is 7.52. The van der Waals surface area contributed by atoms with Crippen molar-refractivity contribution >= 4 is 33.7 Å². The number of ether oxygens (including phenoxy) is 1. The van der Waals surface area contributed by atoms with Gasteiger partial charge in [-0.2, -0.15) is 0 Å². The van der Waals surface area contributed by atoms with Crippen molar-refractivity contribution in [1.29, 1.82) is 0 Å². The fourth-order valence-corrected chi connectivity index (χ4v) is 4.12. The van der Waals surface area contributed by atoms with E-state index in [1.807, 2.05) is 36.5 Å². The van der Waals surface area contributed by atoms with Gasteiger partial charge in [0.1, 0.15) is 11.6 Å². The van der Waals surface area contributed by atoms with Crippen LogP contribution in [0.3, 0.4) is 0 Å². The van der Waals surface area contributed by atoms with Crippen LogP contribution >= 0.6 is 0 Å². The number of rotatable bonds is 6. The molecule has 0 fully saturated rings. The van der Waals surface area contributed by atoms with Gasteiger partial charge in [0.05, 0.1) is 7.11 Å². The van der Waals surface area contributed by atoms with E-state index in [2.05, 4.69) is 50.7 Å². The maximum Gasteiger partial charge on any atom is 0.183 e. The van der Waals surface area contributed by atoms with Crippen LogP contribution < -0.4 is 21.1 Å². The fraction of sp³-hybridized carbons (Fsp3) is 0.208. The van der Waals surface area contributed by atoms with E-state index in [-0.39, 0.29) is 0 Å². The minimum absolute atomic E-state index is 0.639. The van der Waals surface area contributed by atoms with Crippen LogP contribution in [0.1, 0.15) is 17.7 Å². The lowest BCUT2D eigenvalue weighted by atomic mass is 10.0. The second-order valence-corrected chi connectivity index (χ2v) is 7.98. The van der Waals surface area contributed by atoms with Crippen molar-refractivity contribution in [3.63, 3.8) is 0 Å². The van der Waals surface area contributed by atoms with Gasteiger partial charge < -0.3 is 25.3 Å². The van der Waals surface area contributed by atoms with E-state index in [1.165, 1.54) is 5.56 Å². The van der Waals surface area contributed by atoms with Crippen LogP contribution in [0.5, 0.6) is 5.75 Å². The Kier molecular flexibility index (Phi) is 4.67. The van der Waals surface area contributed by atoms with Crippen LogP contribution in [0.15, 0.2) is 65.6 Å². The van der Waals surface area contributed by atoms with E-state index in [0.717, 1.165) is 51.2 Å². The molecule has 2 aromatic carbocycles. The Morgan fingerprint density at radius 1 is 1.13 bits per heavy atom. The lowest BCUT2D eigenvalue weighted by molar-refractivity contribution is 0.356. The number of allylic oxidation sites excluding steroid dienone is 1. The van der Waals surface area contributed by atoms with E-state index in [4.69, 9.17) is 10.5 Å². The predicted molar refractivity (Wildman–Crippen MR) is 126 cm³/mol. The van der Waals surface area contributed by atoms with Gasteiger partial charge in [0, 0.05) is 52.0 Å². The molecule has 0 bridgehead atoms. The van der Waals surface area contributed by atoms with Gasteiger partial charge in [-0.05, 0) is 61.4 Å². The first-order valence-electron chi connectivity index (χ1n) is 10.3. The molecule has 2 aromatic heterocycles. The van der Waals surface area contributed by atoms with Crippen molar-refractivity contribution in [2.75, 3.05) is 12.4 Å². The highest BCUT2D eigenvalue weighted by Crippen LogP contribution is 2.28. The first-order valence-corrected chi connectivity index (χ1v) is 10.3. The molecule has 6 N–H and O–H groups in total. The highest BCUT2D eigenvalue weighted by Gasteiger charge is 2.26. The minimum Gasteiger partial charge on any atom is -0.497 e. The molecule has 1 unspecified atom stereocenters. The summed E-state index contributed by atoms with van der Waals surface area (Å²) in [5.74, 6) is 0.777. The number of nitrogens with two attached hydrogens (primary N) is 1. The molecule has 4 aromatic rings. The molecule has 7 heteroatoms. The Morgan fingerprint density at radius 2 is 2.03 bits per heavy atom. The summed E-state index contributed by atoms with van der Waals surface area (Å²) >= 11 is 0. The van der Waals surface area contributed by atoms with E-state index < -0.39 is 5.79 Å². The third kappa shape index (κ3) is 3.75. The van der Waals surface area contributed by atoms with Gasteiger partial charge in [0.2, 0.25) is 0 Å². The zero-order valence-corrected chi connectivity index (χ0v) is 17.6. The largest absolute Gasteiger partial charge is 0.497 e. The lowest BCUT2D eigenvalue weighted by Crippen LogP contribution is -2.54. The average Bonchev–Trinajstić information content (AvgIpc) is 3.35. The number of aromatic nitrogens is 2. The molecule has 3 heterocycles. The zero-order valence-electron chi connectivity index (χ0n) is 17.6. The molecular weight excluding hydrogens is 388 g/mol. The van der Waals surface area contributed by atoms with Crippen molar-refractivity contribution < 1.29 is 4.74 Å². The number of H-pyrrole nitrogens is 2. The van der Waals surface area contributed by atoms with Crippen LogP contribution in [0.25, 0.3) is 21.8 Å². The third-order valence-electron chi connectivity index (χ3n) is 5.72. The number of benzene rings is 2. The van der Waals surface area contributed by atoms with Gasteiger partial charge in [0.25, 0.3) is 0 Å². The molecule has 158 valence electrons. The van der Waals surface area contributed by atoms with Gasteiger partial charge in [0.15, 0.2) is 5.79 Å². The maximum absolute atomic E-state index is 6.61. The number of aromatic amines is 2. The maximum atomic E-state index is 6.61. The molecule has 0 aliphatic carbocycles. The van der Waals surface area contributed by atoms with Crippen molar-refractivity contribution in [3.05, 3.63) is 71.8 Å². The SMILES string of the molecule is COc1ccc2[nH]cc(CCC3(N)N=CC=C(Nc4cccc5[nH]c(C)cc45)N3)c2c1. The minimum atomic E-state index is -0.887. The van der Waals surface area contributed by atoms with Gasteiger partial charge >= 0.3 is 0 Å². The van der Waals surface area contributed by atoms with Crippen LogP contribution in [-0.4, -0.2) is 29.1 Å². The summed E-state index contributed by atoms with van der Waals surface area (Å²) in [6, 6.07) is 14.3.